The molecule has 118 valence electrons. The summed E-state index contributed by atoms with van der Waals surface area (Å²) in [4.78, 5) is 0.277. The molecule has 0 aromatic heterocycles. The minimum Gasteiger partial charge on any atom is -0.496 e. The van der Waals surface area contributed by atoms with E-state index in [0.717, 1.165) is 16.9 Å². The average Bonchev–Trinajstić information content (AvgIpc) is 2.53. The Morgan fingerprint density at radius 3 is 2.36 bits per heavy atom. The Kier molecular flexibility index (Phi) is 5.21. The Balaban J connectivity index is 2.28. The first-order chi connectivity index (χ1) is 10.5. The van der Waals surface area contributed by atoms with E-state index in [9.17, 15) is 8.42 Å². The second kappa shape index (κ2) is 6.94. The van der Waals surface area contributed by atoms with E-state index in [1.54, 1.807) is 37.4 Å². The van der Waals surface area contributed by atoms with Crippen molar-refractivity contribution >= 4 is 10.0 Å². The highest BCUT2D eigenvalue weighted by Crippen LogP contribution is 2.25. The molecule has 2 aromatic carbocycles. The van der Waals surface area contributed by atoms with Gasteiger partial charge in [-0.1, -0.05) is 37.3 Å². The van der Waals surface area contributed by atoms with Crippen molar-refractivity contribution in [1.29, 1.82) is 0 Å². The van der Waals surface area contributed by atoms with Gasteiger partial charge in [0.25, 0.3) is 0 Å². The van der Waals surface area contributed by atoms with Crippen LogP contribution in [-0.2, 0) is 10.0 Å². The molecule has 4 nitrogen and oxygen atoms in total. The number of methoxy groups -OCH3 is 1. The van der Waals surface area contributed by atoms with Gasteiger partial charge in [0.05, 0.1) is 12.0 Å². The van der Waals surface area contributed by atoms with Crippen molar-refractivity contribution in [3.63, 3.8) is 0 Å². The lowest BCUT2D eigenvalue weighted by Gasteiger charge is -2.19. The predicted octanol–water partition coefficient (Wildman–Crippen LogP) is 3.43. The summed E-state index contributed by atoms with van der Waals surface area (Å²) in [6, 6.07) is 13.9. The van der Waals surface area contributed by atoms with Crippen LogP contribution in [0.2, 0.25) is 0 Å². The molecule has 0 bridgehead atoms. The summed E-state index contributed by atoms with van der Waals surface area (Å²) in [6.07, 6.45) is 0.665. The molecule has 0 saturated carbocycles. The van der Waals surface area contributed by atoms with Crippen molar-refractivity contribution in [2.45, 2.75) is 31.2 Å². The molecule has 0 aliphatic carbocycles. The molecule has 5 heteroatoms. The van der Waals surface area contributed by atoms with E-state index in [1.807, 2.05) is 32.0 Å². The quantitative estimate of drug-likeness (QED) is 0.887. The van der Waals surface area contributed by atoms with Crippen LogP contribution in [0.1, 0.15) is 30.5 Å². The lowest BCUT2D eigenvalue weighted by molar-refractivity contribution is 0.411. The van der Waals surface area contributed by atoms with Gasteiger partial charge in [-0.15, -0.1) is 0 Å². The minimum absolute atomic E-state index is 0.269. The summed E-state index contributed by atoms with van der Waals surface area (Å²) in [5, 5.41) is 0. The molecule has 0 fully saturated rings. The highest BCUT2D eigenvalue weighted by Gasteiger charge is 2.20. The highest BCUT2D eigenvalue weighted by molar-refractivity contribution is 7.89. The summed E-state index contributed by atoms with van der Waals surface area (Å²) in [7, 11) is -1.91. The molecule has 2 rings (SSSR count). The van der Waals surface area contributed by atoms with Crippen molar-refractivity contribution in [3.05, 3.63) is 59.7 Å². The lowest BCUT2D eigenvalue weighted by Crippen LogP contribution is -2.28. The second-order valence-corrected chi connectivity index (χ2v) is 6.84. The monoisotopic (exact) mass is 319 g/mol. The van der Waals surface area contributed by atoms with Crippen molar-refractivity contribution < 1.29 is 13.2 Å². The van der Waals surface area contributed by atoms with E-state index in [2.05, 4.69) is 4.72 Å². The molecule has 22 heavy (non-hydrogen) atoms. The normalized spacial score (nSPS) is 12.9. The van der Waals surface area contributed by atoms with E-state index in [0.29, 0.717) is 6.42 Å². The molecule has 1 unspecified atom stereocenters. The minimum atomic E-state index is -3.53. The average molecular weight is 319 g/mol. The molecule has 1 N–H and O–H groups in total. The largest absolute Gasteiger partial charge is 0.496 e. The zero-order valence-electron chi connectivity index (χ0n) is 13.0. The maximum Gasteiger partial charge on any atom is 0.241 e. The first kappa shape index (κ1) is 16.5. The highest BCUT2D eigenvalue weighted by atomic mass is 32.2. The summed E-state index contributed by atoms with van der Waals surface area (Å²) in [5.74, 6) is 0.796. The Hall–Kier alpha value is -1.85. The first-order valence-corrected chi connectivity index (χ1v) is 8.68. The number of rotatable bonds is 6. The van der Waals surface area contributed by atoms with E-state index in [-0.39, 0.29) is 10.9 Å². The number of hydrogen-bond donors (Lipinski definition) is 1. The van der Waals surface area contributed by atoms with Crippen molar-refractivity contribution in [1.82, 2.24) is 4.72 Å². The number of ether oxygens (including phenoxy) is 1. The molecular weight excluding hydrogens is 298 g/mol. The SMILES string of the molecule is CCC(NS(=O)(=O)c1ccccc1)c1ccc(OC)c(C)c1. The predicted molar refractivity (Wildman–Crippen MR) is 87.5 cm³/mol. The number of hydrogen-bond acceptors (Lipinski definition) is 3. The van der Waals surface area contributed by atoms with E-state index in [1.165, 1.54) is 0 Å². The Morgan fingerprint density at radius 2 is 1.82 bits per heavy atom. The van der Waals surface area contributed by atoms with Crippen molar-refractivity contribution in [2.24, 2.45) is 0 Å². The second-order valence-electron chi connectivity index (χ2n) is 5.12. The van der Waals surface area contributed by atoms with Gasteiger partial charge in [0.1, 0.15) is 5.75 Å². The Bertz CT molecular complexity index is 727. The standard InChI is InChI=1S/C17H21NO3S/c1-4-16(14-10-11-17(21-3)13(2)12-14)18-22(19,20)15-8-6-5-7-9-15/h5-12,16,18H,4H2,1-3H3. The van der Waals surface area contributed by atoms with Crippen molar-refractivity contribution in [3.8, 4) is 5.75 Å². The van der Waals surface area contributed by atoms with E-state index in [4.69, 9.17) is 4.74 Å². The maximum atomic E-state index is 12.4. The van der Waals surface area contributed by atoms with Gasteiger partial charge in [-0.25, -0.2) is 13.1 Å². The lowest BCUT2D eigenvalue weighted by atomic mass is 10.0. The van der Waals surface area contributed by atoms with Crippen LogP contribution in [0.25, 0.3) is 0 Å². The summed E-state index contributed by atoms with van der Waals surface area (Å²) in [6.45, 7) is 3.90. The number of benzene rings is 2. The maximum absolute atomic E-state index is 12.4. The van der Waals surface area contributed by atoms with Gasteiger partial charge < -0.3 is 4.74 Å². The van der Waals surface area contributed by atoms with Gasteiger partial charge in [-0.3, -0.25) is 0 Å². The zero-order valence-corrected chi connectivity index (χ0v) is 13.9. The smallest absolute Gasteiger partial charge is 0.241 e. The fraction of sp³-hybridized carbons (Fsp3) is 0.294. The molecule has 0 saturated heterocycles. The first-order valence-electron chi connectivity index (χ1n) is 7.20. The van der Waals surface area contributed by atoms with Crippen LogP contribution >= 0.6 is 0 Å². The van der Waals surface area contributed by atoms with Crippen LogP contribution in [0, 0.1) is 6.92 Å². The van der Waals surface area contributed by atoms with Crippen LogP contribution in [0.3, 0.4) is 0 Å². The third-order valence-corrected chi connectivity index (χ3v) is 5.07. The summed E-state index contributed by atoms with van der Waals surface area (Å²) in [5.41, 5.74) is 1.91. The van der Waals surface area contributed by atoms with Gasteiger partial charge in [0.15, 0.2) is 0 Å². The van der Waals surface area contributed by atoms with Gasteiger partial charge in [-0.05, 0) is 42.7 Å². The van der Waals surface area contributed by atoms with Crippen LogP contribution in [-0.4, -0.2) is 15.5 Å². The zero-order chi connectivity index (χ0) is 16.2. The van der Waals surface area contributed by atoms with E-state index >= 15 is 0 Å². The molecule has 0 aliphatic rings. The van der Waals surface area contributed by atoms with Gasteiger partial charge in [-0.2, -0.15) is 0 Å². The topological polar surface area (TPSA) is 55.4 Å². The van der Waals surface area contributed by atoms with Crippen LogP contribution < -0.4 is 9.46 Å². The third kappa shape index (κ3) is 3.67. The number of sulfonamides is 1. The van der Waals surface area contributed by atoms with Crippen LogP contribution in [0.4, 0.5) is 0 Å². The molecule has 2 aromatic rings. The summed E-state index contributed by atoms with van der Waals surface area (Å²) < 4.78 is 32.9. The fourth-order valence-corrected chi connectivity index (χ4v) is 3.69. The summed E-state index contributed by atoms with van der Waals surface area (Å²) >= 11 is 0. The molecule has 0 radical (unpaired) electrons. The Morgan fingerprint density at radius 1 is 1.14 bits per heavy atom. The number of aryl methyl sites for hydroxylation is 1. The van der Waals surface area contributed by atoms with Crippen molar-refractivity contribution in [2.75, 3.05) is 7.11 Å². The Labute approximate surface area is 132 Å². The molecule has 0 spiro atoms. The number of nitrogens with one attached hydrogen (secondary N) is 1. The van der Waals surface area contributed by atoms with Gasteiger partial charge in [0.2, 0.25) is 10.0 Å². The van der Waals surface area contributed by atoms with Gasteiger partial charge >= 0.3 is 0 Å². The molecule has 0 aliphatic heterocycles. The molecule has 0 heterocycles. The molecule has 0 amide bonds. The van der Waals surface area contributed by atoms with Crippen LogP contribution in [0.15, 0.2) is 53.4 Å². The molecular formula is C17H21NO3S. The third-order valence-electron chi connectivity index (χ3n) is 3.58. The fourth-order valence-electron chi connectivity index (χ4n) is 2.36. The molecule has 1 atom stereocenters. The van der Waals surface area contributed by atoms with E-state index < -0.39 is 10.0 Å². The van der Waals surface area contributed by atoms with Gasteiger partial charge in [0, 0.05) is 6.04 Å². The van der Waals surface area contributed by atoms with Crippen LogP contribution in [0.5, 0.6) is 5.75 Å².